The Labute approximate surface area is 170 Å². The van der Waals surface area contributed by atoms with E-state index in [0.717, 1.165) is 16.9 Å². The van der Waals surface area contributed by atoms with Crippen LogP contribution in [0.15, 0.2) is 71.3 Å². The number of amides is 1. The number of rotatable bonds is 9. The first-order valence-corrected chi connectivity index (χ1v) is 9.47. The molecule has 2 aromatic carbocycles. The summed E-state index contributed by atoms with van der Waals surface area (Å²) >= 11 is 0. The molecule has 1 amide bonds. The van der Waals surface area contributed by atoms with E-state index in [1.807, 2.05) is 43.3 Å². The molecule has 0 spiro atoms. The number of methoxy groups -OCH3 is 1. The first-order valence-electron chi connectivity index (χ1n) is 9.47. The molecule has 1 atom stereocenters. The van der Waals surface area contributed by atoms with Crippen LogP contribution in [0.1, 0.15) is 29.9 Å². The molecule has 29 heavy (non-hydrogen) atoms. The second-order valence-electron chi connectivity index (χ2n) is 6.81. The molecule has 6 heteroatoms. The number of hydrogen-bond donors (Lipinski definition) is 1. The van der Waals surface area contributed by atoms with Crippen molar-refractivity contribution in [2.75, 3.05) is 13.7 Å². The Morgan fingerprint density at radius 1 is 1.14 bits per heavy atom. The van der Waals surface area contributed by atoms with Crippen LogP contribution in [0.5, 0.6) is 5.75 Å². The minimum atomic E-state index is -0.423. The van der Waals surface area contributed by atoms with Crippen LogP contribution < -0.4 is 10.1 Å². The molecule has 1 heterocycles. The Morgan fingerprint density at radius 2 is 1.93 bits per heavy atom. The number of ether oxygens (including phenoxy) is 1. The summed E-state index contributed by atoms with van der Waals surface area (Å²) in [6.45, 7) is 2.88. The second kappa shape index (κ2) is 9.89. The van der Waals surface area contributed by atoms with E-state index >= 15 is 0 Å². The molecule has 0 saturated heterocycles. The van der Waals surface area contributed by atoms with Gasteiger partial charge in [0.2, 0.25) is 5.91 Å². The third kappa shape index (κ3) is 5.68. The average molecular weight is 396 g/mol. The zero-order chi connectivity index (χ0) is 20.6. The maximum absolute atomic E-state index is 14.0. The quantitative estimate of drug-likeness (QED) is 0.586. The molecule has 1 N–H and O–H groups in total. The smallest absolute Gasteiger partial charge is 0.237 e. The highest BCUT2D eigenvalue weighted by Gasteiger charge is 2.17. The third-order valence-corrected chi connectivity index (χ3v) is 4.73. The van der Waals surface area contributed by atoms with E-state index in [9.17, 15) is 9.18 Å². The molecular formula is C23H25FN2O3. The van der Waals surface area contributed by atoms with Crippen LogP contribution in [0.3, 0.4) is 0 Å². The summed E-state index contributed by atoms with van der Waals surface area (Å²) in [6, 6.07) is 18.1. The highest BCUT2D eigenvalue weighted by Crippen LogP contribution is 2.21. The highest BCUT2D eigenvalue weighted by atomic mass is 19.1. The van der Waals surface area contributed by atoms with E-state index < -0.39 is 5.82 Å². The van der Waals surface area contributed by atoms with Gasteiger partial charge in [0.1, 0.15) is 5.76 Å². The van der Waals surface area contributed by atoms with Crippen molar-refractivity contribution < 1.29 is 18.3 Å². The molecule has 0 bridgehead atoms. The number of nitrogens with one attached hydrogen (secondary N) is 1. The van der Waals surface area contributed by atoms with Crippen molar-refractivity contribution in [2.24, 2.45) is 0 Å². The Bertz CT molecular complexity index is 913. The van der Waals surface area contributed by atoms with Gasteiger partial charge in [0.15, 0.2) is 11.6 Å². The Kier molecular flexibility index (Phi) is 7.03. The molecule has 152 valence electrons. The maximum Gasteiger partial charge on any atom is 0.237 e. The van der Waals surface area contributed by atoms with E-state index in [1.54, 1.807) is 29.4 Å². The molecular weight excluding hydrogens is 371 g/mol. The lowest BCUT2D eigenvalue weighted by atomic mass is 10.1. The van der Waals surface area contributed by atoms with E-state index in [4.69, 9.17) is 9.15 Å². The van der Waals surface area contributed by atoms with Crippen LogP contribution in [-0.4, -0.2) is 24.5 Å². The van der Waals surface area contributed by atoms with Gasteiger partial charge in [-0.1, -0.05) is 36.4 Å². The normalized spacial score (nSPS) is 11.8. The number of benzene rings is 2. The summed E-state index contributed by atoms with van der Waals surface area (Å²) in [4.78, 5) is 14.6. The highest BCUT2D eigenvalue weighted by molar-refractivity contribution is 5.78. The summed E-state index contributed by atoms with van der Waals surface area (Å²) < 4.78 is 24.3. The molecule has 5 nitrogen and oxygen atoms in total. The summed E-state index contributed by atoms with van der Waals surface area (Å²) in [6.07, 6.45) is 1.60. The SMILES string of the molecule is COc1ccc([C@@H](C)NCC(=O)N(Cc2ccccc2)Cc2ccco2)cc1F. The zero-order valence-electron chi connectivity index (χ0n) is 16.6. The molecule has 0 aliphatic carbocycles. The molecule has 0 aliphatic rings. The van der Waals surface area contributed by atoms with Crippen LogP contribution in [0, 0.1) is 5.82 Å². The van der Waals surface area contributed by atoms with E-state index in [0.29, 0.717) is 13.1 Å². The minimum absolute atomic E-state index is 0.0638. The van der Waals surface area contributed by atoms with Crippen LogP contribution in [0.25, 0.3) is 0 Å². The van der Waals surface area contributed by atoms with Gasteiger partial charge in [-0.25, -0.2) is 4.39 Å². The average Bonchev–Trinajstić information content (AvgIpc) is 3.25. The van der Waals surface area contributed by atoms with Crippen LogP contribution in [0.2, 0.25) is 0 Å². The number of nitrogens with zero attached hydrogens (tertiary/aromatic N) is 1. The Balaban J connectivity index is 1.64. The molecule has 0 unspecified atom stereocenters. The summed E-state index contributed by atoms with van der Waals surface area (Å²) in [5.74, 6) is 0.434. The standard InChI is InChI=1S/C23H25FN2O3/c1-17(19-10-11-22(28-2)21(24)13-19)25-14-23(27)26(16-20-9-6-12-29-20)15-18-7-4-3-5-8-18/h3-13,17,25H,14-16H2,1-2H3/t17-/m1/s1. The fourth-order valence-corrected chi connectivity index (χ4v) is 3.05. The number of carbonyl (C=O) groups is 1. The number of halogens is 1. The lowest BCUT2D eigenvalue weighted by Gasteiger charge is -2.23. The van der Waals surface area contributed by atoms with Crippen molar-refractivity contribution in [2.45, 2.75) is 26.1 Å². The first-order chi connectivity index (χ1) is 14.1. The fourth-order valence-electron chi connectivity index (χ4n) is 3.05. The first kappa shape index (κ1) is 20.6. The van der Waals surface area contributed by atoms with Crippen LogP contribution in [-0.2, 0) is 17.9 Å². The van der Waals surface area contributed by atoms with Gasteiger partial charge in [-0.3, -0.25) is 4.79 Å². The lowest BCUT2D eigenvalue weighted by molar-refractivity contribution is -0.131. The van der Waals surface area contributed by atoms with Gasteiger partial charge in [0.05, 0.1) is 26.5 Å². The van der Waals surface area contributed by atoms with E-state index in [2.05, 4.69) is 5.32 Å². The monoisotopic (exact) mass is 396 g/mol. The van der Waals surface area contributed by atoms with Gasteiger partial charge in [0.25, 0.3) is 0 Å². The van der Waals surface area contributed by atoms with Gasteiger partial charge in [-0.05, 0) is 42.3 Å². The van der Waals surface area contributed by atoms with Crippen molar-refractivity contribution in [3.8, 4) is 5.75 Å². The van der Waals surface area contributed by atoms with Gasteiger partial charge in [-0.15, -0.1) is 0 Å². The molecule has 3 rings (SSSR count). The lowest BCUT2D eigenvalue weighted by Crippen LogP contribution is -2.38. The van der Waals surface area contributed by atoms with Crippen LogP contribution >= 0.6 is 0 Å². The largest absolute Gasteiger partial charge is 0.494 e. The van der Waals surface area contributed by atoms with Crippen molar-refractivity contribution in [3.05, 3.63) is 89.6 Å². The van der Waals surface area contributed by atoms with Gasteiger partial charge < -0.3 is 19.4 Å². The number of furan rings is 1. The van der Waals surface area contributed by atoms with Gasteiger partial charge in [-0.2, -0.15) is 0 Å². The molecule has 1 aromatic heterocycles. The molecule has 3 aromatic rings. The molecule has 0 radical (unpaired) electrons. The van der Waals surface area contributed by atoms with Gasteiger partial charge >= 0.3 is 0 Å². The zero-order valence-corrected chi connectivity index (χ0v) is 16.6. The van der Waals surface area contributed by atoms with Crippen molar-refractivity contribution in [3.63, 3.8) is 0 Å². The number of hydrogen-bond acceptors (Lipinski definition) is 4. The maximum atomic E-state index is 14.0. The summed E-state index contributed by atoms with van der Waals surface area (Å²) in [7, 11) is 1.43. The molecule has 0 fully saturated rings. The van der Waals surface area contributed by atoms with E-state index in [1.165, 1.54) is 13.2 Å². The van der Waals surface area contributed by atoms with Crippen LogP contribution in [0.4, 0.5) is 4.39 Å². The summed E-state index contributed by atoms with van der Waals surface area (Å²) in [5, 5.41) is 3.18. The van der Waals surface area contributed by atoms with Crippen molar-refractivity contribution >= 4 is 5.91 Å². The van der Waals surface area contributed by atoms with Crippen molar-refractivity contribution in [1.29, 1.82) is 0 Å². The Hall–Kier alpha value is -3.12. The predicted octanol–water partition coefficient (Wildman–Crippen LogP) is 4.31. The Morgan fingerprint density at radius 3 is 2.59 bits per heavy atom. The summed E-state index contributed by atoms with van der Waals surface area (Å²) in [5.41, 5.74) is 1.79. The third-order valence-electron chi connectivity index (χ3n) is 4.73. The number of carbonyl (C=O) groups excluding carboxylic acids is 1. The molecule has 0 saturated carbocycles. The minimum Gasteiger partial charge on any atom is -0.494 e. The second-order valence-corrected chi connectivity index (χ2v) is 6.81. The molecule has 0 aliphatic heterocycles. The van der Waals surface area contributed by atoms with Crippen molar-refractivity contribution in [1.82, 2.24) is 10.2 Å². The van der Waals surface area contributed by atoms with Gasteiger partial charge in [0, 0.05) is 12.6 Å². The predicted molar refractivity (Wildman–Crippen MR) is 109 cm³/mol. The topological polar surface area (TPSA) is 54.7 Å². The fraction of sp³-hybridized carbons (Fsp3) is 0.261. The van der Waals surface area contributed by atoms with E-state index in [-0.39, 0.29) is 24.2 Å².